The number of fused-ring (bicyclic) bond motifs is 1. The molecule has 0 saturated carbocycles. The van der Waals surface area contributed by atoms with Crippen LogP contribution in [0, 0.1) is 6.92 Å². The zero-order valence-electron chi connectivity index (χ0n) is 11.4. The molecule has 1 aliphatic heterocycles. The minimum Gasteiger partial charge on any atom is -0.458 e. The first kappa shape index (κ1) is 15.1. The molecule has 1 aromatic heterocycles. The van der Waals surface area contributed by atoms with Crippen LogP contribution in [0.25, 0.3) is 0 Å². The second-order valence-electron chi connectivity index (χ2n) is 5.13. The standard InChI is InChI=1S/C15H11Cl2NO4/c1-7-2-3-12(22-7)11(19)6-15(21)13-9(17)4-8(16)5-10(13)18-14(15)20/h2-5,21H,6H2,1H3,(H,18,20)/t15-/m0/s1. The number of benzene rings is 1. The van der Waals surface area contributed by atoms with Gasteiger partial charge >= 0.3 is 0 Å². The molecule has 22 heavy (non-hydrogen) atoms. The summed E-state index contributed by atoms with van der Waals surface area (Å²) in [5.41, 5.74) is -1.59. The zero-order chi connectivity index (χ0) is 16.1. The molecule has 1 amide bonds. The van der Waals surface area contributed by atoms with Crippen molar-refractivity contribution in [1.82, 2.24) is 0 Å². The molecule has 114 valence electrons. The van der Waals surface area contributed by atoms with E-state index in [2.05, 4.69) is 5.32 Å². The van der Waals surface area contributed by atoms with E-state index >= 15 is 0 Å². The predicted octanol–water partition coefficient (Wildman–Crippen LogP) is 3.31. The highest BCUT2D eigenvalue weighted by molar-refractivity contribution is 6.36. The summed E-state index contributed by atoms with van der Waals surface area (Å²) in [6.45, 7) is 1.70. The average molecular weight is 340 g/mol. The number of nitrogens with one attached hydrogen (secondary N) is 1. The first-order valence-corrected chi connectivity index (χ1v) is 7.20. The van der Waals surface area contributed by atoms with Crippen LogP contribution >= 0.6 is 23.2 Å². The Bertz CT molecular complexity index is 799. The number of rotatable bonds is 3. The van der Waals surface area contributed by atoms with Gasteiger partial charge in [-0.2, -0.15) is 0 Å². The number of anilines is 1. The number of ketones is 1. The normalized spacial score (nSPS) is 19.9. The highest BCUT2D eigenvalue weighted by atomic mass is 35.5. The Hall–Kier alpha value is -1.82. The van der Waals surface area contributed by atoms with E-state index in [9.17, 15) is 14.7 Å². The molecule has 2 heterocycles. The Labute approximate surface area is 135 Å². The van der Waals surface area contributed by atoms with E-state index in [0.717, 1.165) is 0 Å². The van der Waals surface area contributed by atoms with Crippen molar-refractivity contribution in [3.63, 3.8) is 0 Å². The zero-order valence-corrected chi connectivity index (χ0v) is 13.0. The van der Waals surface area contributed by atoms with Gasteiger partial charge in [0, 0.05) is 10.6 Å². The summed E-state index contributed by atoms with van der Waals surface area (Å²) in [7, 11) is 0. The number of halogens is 2. The lowest BCUT2D eigenvalue weighted by molar-refractivity contribution is -0.133. The van der Waals surface area contributed by atoms with Crippen LogP contribution in [0.15, 0.2) is 28.7 Å². The number of aliphatic hydroxyl groups is 1. The molecule has 1 atom stereocenters. The van der Waals surface area contributed by atoms with Crippen molar-refractivity contribution in [3.8, 4) is 0 Å². The van der Waals surface area contributed by atoms with E-state index in [1.54, 1.807) is 13.0 Å². The highest BCUT2D eigenvalue weighted by Crippen LogP contribution is 2.44. The molecule has 0 bridgehead atoms. The molecule has 0 fully saturated rings. The van der Waals surface area contributed by atoms with Crippen LogP contribution in [0.5, 0.6) is 0 Å². The van der Waals surface area contributed by atoms with Gasteiger partial charge in [-0.15, -0.1) is 0 Å². The van der Waals surface area contributed by atoms with Crippen LogP contribution in [0.4, 0.5) is 5.69 Å². The number of aryl methyl sites for hydroxylation is 1. The van der Waals surface area contributed by atoms with E-state index in [1.165, 1.54) is 18.2 Å². The molecule has 0 spiro atoms. The number of hydrogen-bond acceptors (Lipinski definition) is 4. The van der Waals surface area contributed by atoms with Gasteiger partial charge in [-0.05, 0) is 31.2 Å². The largest absolute Gasteiger partial charge is 0.458 e. The van der Waals surface area contributed by atoms with Crippen molar-refractivity contribution >= 4 is 40.6 Å². The molecule has 1 aliphatic rings. The lowest BCUT2D eigenvalue weighted by Gasteiger charge is -2.20. The van der Waals surface area contributed by atoms with E-state index in [4.69, 9.17) is 27.6 Å². The molecule has 0 unspecified atom stereocenters. The predicted molar refractivity (Wildman–Crippen MR) is 81.4 cm³/mol. The molecule has 0 saturated heterocycles. The Balaban J connectivity index is 2.00. The third kappa shape index (κ3) is 2.31. The number of Topliss-reactive ketones (excluding diaryl/α,β-unsaturated/α-hetero) is 1. The van der Waals surface area contributed by atoms with Crippen LogP contribution < -0.4 is 5.32 Å². The second-order valence-corrected chi connectivity index (χ2v) is 5.98. The monoisotopic (exact) mass is 339 g/mol. The van der Waals surface area contributed by atoms with Crippen molar-refractivity contribution in [3.05, 3.63) is 51.4 Å². The van der Waals surface area contributed by atoms with E-state index in [0.29, 0.717) is 16.5 Å². The minimum absolute atomic E-state index is 0.0808. The average Bonchev–Trinajstić information content (AvgIpc) is 2.93. The summed E-state index contributed by atoms with van der Waals surface area (Å²) in [6, 6.07) is 6.01. The van der Waals surface area contributed by atoms with Crippen LogP contribution in [0.3, 0.4) is 0 Å². The van der Waals surface area contributed by atoms with Crippen LogP contribution in [0.1, 0.15) is 28.3 Å². The van der Waals surface area contributed by atoms with Gasteiger partial charge in [-0.3, -0.25) is 9.59 Å². The molecule has 3 rings (SSSR count). The third-order valence-electron chi connectivity index (χ3n) is 3.52. The van der Waals surface area contributed by atoms with Crippen molar-refractivity contribution in [2.45, 2.75) is 18.9 Å². The molecule has 5 nitrogen and oxygen atoms in total. The molecule has 1 aromatic carbocycles. The minimum atomic E-state index is -2.05. The number of furan rings is 1. The van der Waals surface area contributed by atoms with Crippen molar-refractivity contribution in [2.75, 3.05) is 5.32 Å². The second kappa shape index (κ2) is 5.12. The quantitative estimate of drug-likeness (QED) is 0.840. The van der Waals surface area contributed by atoms with E-state index < -0.39 is 23.7 Å². The summed E-state index contributed by atoms with van der Waals surface area (Å²) < 4.78 is 5.23. The van der Waals surface area contributed by atoms with Crippen molar-refractivity contribution < 1.29 is 19.1 Å². The van der Waals surface area contributed by atoms with Crippen LogP contribution in [0.2, 0.25) is 10.0 Å². The molecule has 7 heteroatoms. The van der Waals surface area contributed by atoms with Gasteiger partial charge in [0.05, 0.1) is 17.1 Å². The number of hydrogen-bond donors (Lipinski definition) is 2. The SMILES string of the molecule is Cc1ccc(C(=O)C[C@@]2(O)C(=O)Nc3cc(Cl)cc(Cl)c32)o1. The fourth-order valence-electron chi connectivity index (χ4n) is 2.50. The Morgan fingerprint density at radius 3 is 2.73 bits per heavy atom. The Kier molecular flexibility index (Phi) is 3.51. The fourth-order valence-corrected chi connectivity index (χ4v) is 3.15. The highest BCUT2D eigenvalue weighted by Gasteiger charge is 2.48. The lowest BCUT2D eigenvalue weighted by atomic mass is 9.89. The molecular formula is C15H11Cl2NO4. The van der Waals surface area contributed by atoms with Gasteiger partial charge in [-0.1, -0.05) is 23.2 Å². The third-order valence-corrected chi connectivity index (χ3v) is 4.04. The Morgan fingerprint density at radius 2 is 2.09 bits per heavy atom. The number of carbonyl (C=O) groups is 2. The van der Waals surface area contributed by atoms with Crippen LogP contribution in [-0.4, -0.2) is 16.8 Å². The number of carbonyl (C=O) groups excluding carboxylic acids is 2. The first-order chi connectivity index (χ1) is 10.3. The first-order valence-electron chi connectivity index (χ1n) is 6.44. The Morgan fingerprint density at radius 1 is 1.36 bits per heavy atom. The van der Waals surface area contributed by atoms with Gasteiger partial charge < -0.3 is 14.8 Å². The van der Waals surface area contributed by atoms with Gasteiger partial charge in [-0.25, -0.2) is 0 Å². The smallest absolute Gasteiger partial charge is 0.261 e. The summed E-state index contributed by atoms with van der Waals surface area (Å²) in [5.74, 6) is -0.568. The van der Waals surface area contributed by atoms with Gasteiger partial charge in [0.1, 0.15) is 5.76 Å². The molecule has 2 N–H and O–H groups in total. The van der Waals surface area contributed by atoms with Crippen molar-refractivity contribution in [1.29, 1.82) is 0 Å². The van der Waals surface area contributed by atoms with Crippen LogP contribution in [-0.2, 0) is 10.4 Å². The molecule has 0 aliphatic carbocycles. The fraction of sp³-hybridized carbons (Fsp3) is 0.200. The molecule has 0 radical (unpaired) electrons. The maximum atomic E-state index is 12.2. The van der Waals surface area contributed by atoms with Crippen molar-refractivity contribution in [2.24, 2.45) is 0 Å². The topological polar surface area (TPSA) is 79.5 Å². The molecular weight excluding hydrogens is 329 g/mol. The van der Waals surface area contributed by atoms with Gasteiger partial charge in [0.15, 0.2) is 11.4 Å². The summed E-state index contributed by atoms with van der Waals surface area (Å²) >= 11 is 12.0. The summed E-state index contributed by atoms with van der Waals surface area (Å²) in [5, 5.41) is 13.6. The summed E-state index contributed by atoms with van der Waals surface area (Å²) in [4.78, 5) is 24.4. The van der Waals surface area contributed by atoms with Gasteiger partial charge in [0.25, 0.3) is 5.91 Å². The van der Waals surface area contributed by atoms with E-state index in [1.807, 2.05) is 0 Å². The maximum Gasteiger partial charge on any atom is 0.261 e. The van der Waals surface area contributed by atoms with E-state index in [-0.39, 0.29) is 16.3 Å². The molecule has 2 aromatic rings. The van der Waals surface area contributed by atoms with Gasteiger partial charge in [0.2, 0.25) is 5.78 Å². The number of amides is 1. The lowest BCUT2D eigenvalue weighted by Crippen LogP contribution is -2.36. The summed E-state index contributed by atoms with van der Waals surface area (Å²) in [6.07, 6.45) is -0.472. The maximum absolute atomic E-state index is 12.2.